The van der Waals surface area contributed by atoms with Crippen molar-refractivity contribution in [2.45, 2.75) is 13.5 Å². The predicted molar refractivity (Wildman–Crippen MR) is 88.7 cm³/mol. The van der Waals surface area contributed by atoms with Crippen molar-refractivity contribution < 1.29 is 0 Å². The standard InChI is InChI=1S/C16H29N5/c1-4-17-16-15(6-5-7-18-16)14-21-12-10-20(11-13-21)9-8-19(2)3/h5-7H,4,8-14H2,1-3H3,(H,17,18). The second kappa shape index (κ2) is 8.32. The molecule has 5 nitrogen and oxygen atoms in total. The molecule has 0 aliphatic carbocycles. The van der Waals surface area contributed by atoms with Crippen LogP contribution in [-0.4, -0.2) is 79.6 Å². The van der Waals surface area contributed by atoms with Crippen LogP contribution in [0.2, 0.25) is 0 Å². The zero-order valence-corrected chi connectivity index (χ0v) is 13.7. The Hall–Kier alpha value is -1.17. The zero-order valence-electron chi connectivity index (χ0n) is 13.7. The van der Waals surface area contributed by atoms with E-state index < -0.39 is 0 Å². The minimum absolute atomic E-state index is 0.919. The summed E-state index contributed by atoms with van der Waals surface area (Å²) in [5.41, 5.74) is 1.31. The Kier molecular flexibility index (Phi) is 6.42. The van der Waals surface area contributed by atoms with E-state index >= 15 is 0 Å². The van der Waals surface area contributed by atoms with Crippen molar-refractivity contribution in [2.24, 2.45) is 0 Å². The molecule has 1 N–H and O–H groups in total. The predicted octanol–water partition coefficient (Wildman–Crippen LogP) is 1.19. The molecule has 2 rings (SSSR count). The summed E-state index contributed by atoms with van der Waals surface area (Å²) in [7, 11) is 4.28. The van der Waals surface area contributed by atoms with Crippen LogP contribution in [0.5, 0.6) is 0 Å². The highest BCUT2D eigenvalue weighted by Crippen LogP contribution is 2.15. The molecule has 5 heteroatoms. The second-order valence-electron chi connectivity index (χ2n) is 5.96. The van der Waals surface area contributed by atoms with E-state index in [1.807, 2.05) is 12.3 Å². The van der Waals surface area contributed by atoms with Crippen LogP contribution in [0.15, 0.2) is 18.3 Å². The average Bonchev–Trinajstić information content (AvgIpc) is 2.49. The van der Waals surface area contributed by atoms with Crippen LogP contribution in [0.4, 0.5) is 5.82 Å². The fourth-order valence-corrected chi connectivity index (χ4v) is 2.65. The number of pyridine rings is 1. The lowest BCUT2D eigenvalue weighted by Crippen LogP contribution is -2.47. The lowest BCUT2D eigenvalue weighted by atomic mass is 10.2. The van der Waals surface area contributed by atoms with E-state index in [-0.39, 0.29) is 0 Å². The van der Waals surface area contributed by atoms with Crippen LogP contribution >= 0.6 is 0 Å². The number of rotatable bonds is 7. The van der Waals surface area contributed by atoms with Gasteiger partial charge in [0.2, 0.25) is 0 Å². The monoisotopic (exact) mass is 291 g/mol. The van der Waals surface area contributed by atoms with Crippen molar-refractivity contribution in [3.8, 4) is 0 Å². The van der Waals surface area contributed by atoms with Gasteiger partial charge in [-0.2, -0.15) is 0 Å². The molecule has 0 unspecified atom stereocenters. The van der Waals surface area contributed by atoms with Crippen LogP contribution in [-0.2, 0) is 6.54 Å². The van der Waals surface area contributed by atoms with Gasteiger partial charge in [-0.3, -0.25) is 9.80 Å². The van der Waals surface area contributed by atoms with Gasteiger partial charge in [0.25, 0.3) is 0 Å². The topological polar surface area (TPSA) is 34.6 Å². The third-order valence-electron chi connectivity index (χ3n) is 3.96. The SMILES string of the molecule is CCNc1ncccc1CN1CCN(CCN(C)C)CC1. The Labute approximate surface area is 128 Å². The number of piperazine rings is 1. The van der Waals surface area contributed by atoms with Crippen molar-refractivity contribution in [2.75, 3.05) is 65.2 Å². The Balaban J connectivity index is 1.81. The van der Waals surface area contributed by atoms with Gasteiger partial charge in [0.05, 0.1) is 0 Å². The first kappa shape index (κ1) is 16.2. The molecule has 0 bridgehead atoms. The molecule has 1 aliphatic heterocycles. The molecule has 0 spiro atoms. The first-order valence-corrected chi connectivity index (χ1v) is 7.96. The maximum absolute atomic E-state index is 4.44. The van der Waals surface area contributed by atoms with Gasteiger partial charge in [0, 0.05) is 64.1 Å². The highest BCUT2D eigenvalue weighted by atomic mass is 15.3. The number of likely N-dealkylation sites (N-methyl/N-ethyl adjacent to an activating group) is 1. The largest absolute Gasteiger partial charge is 0.370 e. The molecule has 21 heavy (non-hydrogen) atoms. The second-order valence-corrected chi connectivity index (χ2v) is 5.96. The molecule has 1 aromatic heterocycles. The van der Waals surface area contributed by atoms with Crippen molar-refractivity contribution in [1.82, 2.24) is 19.7 Å². The summed E-state index contributed by atoms with van der Waals surface area (Å²) >= 11 is 0. The minimum atomic E-state index is 0.919. The lowest BCUT2D eigenvalue weighted by molar-refractivity contribution is 0.120. The quantitative estimate of drug-likeness (QED) is 0.816. The minimum Gasteiger partial charge on any atom is -0.370 e. The van der Waals surface area contributed by atoms with Gasteiger partial charge in [0.1, 0.15) is 5.82 Å². The van der Waals surface area contributed by atoms with E-state index in [4.69, 9.17) is 0 Å². The number of nitrogens with zero attached hydrogens (tertiary/aromatic N) is 4. The highest BCUT2D eigenvalue weighted by molar-refractivity contribution is 5.43. The molecule has 1 saturated heterocycles. The third-order valence-corrected chi connectivity index (χ3v) is 3.96. The van der Waals surface area contributed by atoms with Gasteiger partial charge in [-0.25, -0.2) is 4.98 Å². The maximum Gasteiger partial charge on any atom is 0.130 e. The van der Waals surface area contributed by atoms with Crippen LogP contribution in [0.1, 0.15) is 12.5 Å². The molecular weight excluding hydrogens is 262 g/mol. The molecule has 1 aliphatic rings. The molecular formula is C16H29N5. The molecule has 0 saturated carbocycles. The van der Waals surface area contributed by atoms with Crippen molar-refractivity contribution >= 4 is 5.82 Å². The molecule has 0 atom stereocenters. The first-order chi connectivity index (χ1) is 10.2. The number of hydrogen-bond donors (Lipinski definition) is 1. The Morgan fingerprint density at radius 1 is 1.19 bits per heavy atom. The fraction of sp³-hybridized carbons (Fsp3) is 0.688. The number of nitrogens with one attached hydrogen (secondary N) is 1. The van der Waals surface area contributed by atoms with E-state index in [0.29, 0.717) is 0 Å². The summed E-state index contributed by atoms with van der Waals surface area (Å²) in [6.07, 6.45) is 1.86. The summed E-state index contributed by atoms with van der Waals surface area (Å²) in [5.74, 6) is 1.04. The molecule has 0 aromatic carbocycles. The molecule has 0 amide bonds. The first-order valence-electron chi connectivity index (χ1n) is 7.96. The van der Waals surface area contributed by atoms with Gasteiger partial charge in [-0.1, -0.05) is 6.07 Å². The number of anilines is 1. The Morgan fingerprint density at radius 3 is 2.57 bits per heavy atom. The van der Waals surface area contributed by atoms with E-state index in [1.165, 1.54) is 25.2 Å². The van der Waals surface area contributed by atoms with E-state index in [1.54, 1.807) is 0 Å². The fourth-order valence-electron chi connectivity index (χ4n) is 2.65. The van der Waals surface area contributed by atoms with Crippen LogP contribution in [0.25, 0.3) is 0 Å². The van der Waals surface area contributed by atoms with Crippen LogP contribution in [0.3, 0.4) is 0 Å². The van der Waals surface area contributed by atoms with Gasteiger partial charge in [-0.05, 0) is 27.1 Å². The van der Waals surface area contributed by atoms with Gasteiger partial charge in [-0.15, -0.1) is 0 Å². The summed E-state index contributed by atoms with van der Waals surface area (Å²) in [5, 5.41) is 3.35. The van der Waals surface area contributed by atoms with Gasteiger partial charge in [0.15, 0.2) is 0 Å². The summed E-state index contributed by atoms with van der Waals surface area (Å²) in [6, 6.07) is 4.22. The summed E-state index contributed by atoms with van der Waals surface area (Å²) in [6.45, 7) is 11.0. The van der Waals surface area contributed by atoms with Crippen LogP contribution < -0.4 is 5.32 Å². The van der Waals surface area contributed by atoms with E-state index in [0.717, 1.165) is 38.5 Å². The Bertz CT molecular complexity index is 413. The zero-order chi connectivity index (χ0) is 15.1. The third kappa shape index (κ3) is 5.26. The highest BCUT2D eigenvalue weighted by Gasteiger charge is 2.17. The summed E-state index contributed by atoms with van der Waals surface area (Å²) < 4.78 is 0. The number of hydrogen-bond acceptors (Lipinski definition) is 5. The normalized spacial score (nSPS) is 17.3. The molecule has 1 fully saturated rings. The molecule has 118 valence electrons. The van der Waals surface area contributed by atoms with Crippen molar-refractivity contribution in [1.29, 1.82) is 0 Å². The summed E-state index contributed by atoms with van der Waals surface area (Å²) in [4.78, 5) is 11.8. The van der Waals surface area contributed by atoms with Gasteiger partial charge >= 0.3 is 0 Å². The average molecular weight is 291 g/mol. The molecule has 0 radical (unpaired) electrons. The Morgan fingerprint density at radius 2 is 1.90 bits per heavy atom. The molecule has 2 heterocycles. The van der Waals surface area contributed by atoms with Crippen molar-refractivity contribution in [3.05, 3.63) is 23.9 Å². The van der Waals surface area contributed by atoms with Crippen molar-refractivity contribution in [3.63, 3.8) is 0 Å². The molecule has 1 aromatic rings. The lowest BCUT2D eigenvalue weighted by Gasteiger charge is -2.35. The van der Waals surface area contributed by atoms with E-state index in [9.17, 15) is 0 Å². The maximum atomic E-state index is 4.44. The van der Waals surface area contributed by atoms with Crippen LogP contribution in [0, 0.1) is 0 Å². The van der Waals surface area contributed by atoms with Gasteiger partial charge < -0.3 is 10.2 Å². The smallest absolute Gasteiger partial charge is 0.130 e. The van der Waals surface area contributed by atoms with E-state index in [2.05, 4.69) is 52.1 Å². The number of aromatic nitrogens is 1.